The van der Waals surface area contributed by atoms with E-state index in [1.54, 1.807) is 0 Å². The minimum atomic E-state index is 0. The molecule has 2 saturated carbocycles. The first-order valence-electron chi connectivity index (χ1n) is 10.3. The van der Waals surface area contributed by atoms with Crippen molar-refractivity contribution in [3.8, 4) is 0 Å². The average molecular weight is 474 g/mol. The Labute approximate surface area is 175 Å². The summed E-state index contributed by atoms with van der Waals surface area (Å²) in [4.78, 5) is 4.93. The van der Waals surface area contributed by atoms with Crippen molar-refractivity contribution in [3.63, 3.8) is 0 Å². The first-order chi connectivity index (χ1) is 12.3. The lowest BCUT2D eigenvalue weighted by molar-refractivity contribution is 0.366. The normalized spacial score (nSPS) is 19.3. The third-order valence-corrected chi connectivity index (χ3v) is 5.59. The van der Waals surface area contributed by atoms with E-state index in [0.717, 1.165) is 43.8 Å². The molecule has 0 spiro atoms. The van der Waals surface area contributed by atoms with Gasteiger partial charge in [0.1, 0.15) is 12.2 Å². The molecule has 0 radical (unpaired) electrons. The number of halogens is 1. The maximum absolute atomic E-state index is 4.93. The molecule has 1 heterocycles. The summed E-state index contributed by atoms with van der Waals surface area (Å²) in [7, 11) is 0. The largest absolute Gasteiger partial charge is 0.355 e. The molecule has 2 aliphatic rings. The van der Waals surface area contributed by atoms with Crippen LogP contribution in [0.1, 0.15) is 70.5 Å². The van der Waals surface area contributed by atoms with Crippen molar-refractivity contribution in [2.24, 2.45) is 10.9 Å². The fourth-order valence-electron chi connectivity index (χ4n) is 4.04. The van der Waals surface area contributed by atoms with Gasteiger partial charge in [-0.3, -0.25) is 4.99 Å². The van der Waals surface area contributed by atoms with Crippen LogP contribution in [0.15, 0.2) is 11.3 Å². The monoisotopic (exact) mass is 474 g/mol. The number of rotatable bonds is 7. The van der Waals surface area contributed by atoms with Crippen molar-refractivity contribution in [1.29, 1.82) is 0 Å². The molecule has 1 aromatic heterocycles. The highest BCUT2D eigenvalue weighted by Gasteiger charge is 2.17. The third-order valence-electron chi connectivity index (χ3n) is 5.59. The van der Waals surface area contributed by atoms with Gasteiger partial charge in [0.15, 0.2) is 5.96 Å². The van der Waals surface area contributed by atoms with Crippen LogP contribution in [0, 0.1) is 5.92 Å². The Hall–Kier alpha value is -0.860. The van der Waals surface area contributed by atoms with Crippen LogP contribution in [0.5, 0.6) is 0 Å². The number of aromatic nitrogens is 3. The Morgan fingerprint density at radius 1 is 1.15 bits per heavy atom. The summed E-state index contributed by atoms with van der Waals surface area (Å²) < 4.78 is 2.13. The molecule has 7 heteroatoms. The lowest BCUT2D eigenvalue weighted by Gasteiger charge is -2.22. The SMILES string of the molecule is CCc1nncn1CCNC(=NCC1CCCCC1)NC1CCCC1.I. The van der Waals surface area contributed by atoms with Crippen molar-refractivity contribution in [3.05, 3.63) is 12.2 Å². The molecular formula is C19H35IN6. The Morgan fingerprint density at radius 2 is 1.88 bits per heavy atom. The smallest absolute Gasteiger partial charge is 0.191 e. The zero-order valence-corrected chi connectivity index (χ0v) is 18.5. The van der Waals surface area contributed by atoms with Gasteiger partial charge in [0.25, 0.3) is 0 Å². The minimum absolute atomic E-state index is 0. The van der Waals surface area contributed by atoms with E-state index in [-0.39, 0.29) is 24.0 Å². The van der Waals surface area contributed by atoms with Crippen molar-refractivity contribution < 1.29 is 0 Å². The summed E-state index contributed by atoms with van der Waals surface area (Å²) in [6.45, 7) is 4.82. The van der Waals surface area contributed by atoms with Crippen molar-refractivity contribution in [1.82, 2.24) is 25.4 Å². The number of guanidine groups is 1. The molecule has 0 aliphatic heterocycles. The first kappa shape index (κ1) is 21.4. The average Bonchev–Trinajstić information content (AvgIpc) is 3.32. The summed E-state index contributed by atoms with van der Waals surface area (Å²) in [6.07, 6.45) is 14.8. The maximum Gasteiger partial charge on any atom is 0.191 e. The van der Waals surface area contributed by atoms with Gasteiger partial charge in [-0.1, -0.05) is 39.0 Å². The van der Waals surface area contributed by atoms with E-state index < -0.39 is 0 Å². The molecule has 0 aromatic carbocycles. The topological polar surface area (TPSA) is 67.1 Å². The number of aliphatic imine (C=N–C) groups is 1. The van der Waals surface area contributed by atoms with Gasteiger partial charge in [0, 0.05) is 32.1 Å². The highest BCUT2D eigenvalue weighted by molar-refractivity contribution is 14.0. The number of aryl methyl sites for hydroxylation is 1. The van der Waals surface area contributed by atoms with Crippen LogP contribution in [-0.2, 0) is 13.0 Å². The standard InChI is InChI=1S/C19H34N6.HI/c1-2-18-24-22-15-25(18)13-12-20-19(23-17-10-6-7-11-17)21-14-16-8-4-3-5-9-16;/h15-17H,2-14H2,1H3,(H2,20,21,23);1H. The molecule has 0 bridgehead atoms. The number of nitrogens with zero attached hydrogens (tertiary/aromatic N) is 4. The van der Waals surface area contributed by atoms with Gasteiger partial charge in [-0.15, -0.1) is 34.2 Å². The van der Waals surface area contributed by atoms with Crippen LogP contribution in [0.2, 0.25) is 0 Å². The second-order valence-corrected chi connectivity index (χ2v) is 7.54. The van der Waals surface area contributed by atoms with E-state index in [1.807, 2.05) is 6.33 Å². The molecule has 0 atom stereocenters. The maximum atomic E-state index is 4.93. The number of nitrogens with one attached hydrogen (secondary N) is 2. The van der Waals surface area contributed by atoms with Gasteiger partial charge < -0.3 is 15.2 Å². The highest BCUT2D eigenvalue weighted by atomic mass is 127. The van der Waals surface area contributed by atoms with Crippen LogP contribution < -0.4 is 10.6 Å². The molecule has 148 valence electrons. The second kappa shape index (κ2) is 11.8. The van der Waals surface area contributed by atoms with Gasteiger partial charge in [-0.25, -0.2) is 0 Å². The molecule has 0 amide bonds. The van der Waals surface area contributed by atoms with Gasteiger partial charge in [0.2, 0.25) is 0 Å². The predicted molar refractivity (Wildman–Crippen MR) is 117 cm³/mol. The van der Waals surface area contributed by atoms with E-state index >= 15 is 0 Å². The van der Waals surface area contributed by atoms with E-state index in [0.29, 0.717) is 6.04 Å². The molecule has 0 saturated heterocycles. The van der Waals surface area contributed by atoms with Crippen LogP contribution in [0.4, 0.5) is 0 Å². The highest BCUT2D eigenvalue weighted by Crippen LogP contribution is 2.23. The van der Waals surface area contributed by atoms with Crippen LogP contribution in [0.25, 0.3) is 0 Å². The Balaban J connectivity index is 0.00000243. The number of hydrogen-bond acceptors (Lipinski definition) is 3. The molecule has 2 N–H and O–H groups in total. The van der Waals surface area contributed by atoms with E-state index in [2.05, 4.69) is 32.3 Å². The van der Waals surface area contributed by atoms with Crippen molar-refractivity contribution >= 4 is 29.9 Å². The van der Waals surface area contributed by atoms with Crippen molar-refractivity contribution in [2.75, 3.05) is 13.1 Å². The molecule has 26 heavy (non-hydrogen) atoms. The minimum Gasteiger partial charge on any atom is -0.355 e. The molecule has 2 aliphatic carbocycles. The fraction of sp³-hybridized carbons (Fsp3) is 0.842. The Kier molecular flexibility index (Phi) is 9.71. The zero-order chi connectivity index (χ0) is 17.3. The predicted octanol–water partition coefficient (Wildman–Crippen LogP) is 3.52. The van der Waals surface area contributed by atoms with Gasteiger partial charge in [-0.05, 0) is 31.6 Å². The van der Waals surface area contributed by atoms with Crippen LogP contribution in [0.3, 0.4) is 0 Å². The first-order valence-corrected chi connectivity index (χ1v) is 10.3. The zero-order valence-electron chi connectivity index (χ0n) is 16.1. The summed E-state index contributed by atoms with van der Waals surface area (Å²) in [5.41, 5.74) is 0. The molecule has 0 unspecified atom stereocenters. The van der Waals surface area contributed by atoms with Gasteiger partial charge >= 0.3 is 0 Å². The lowest BCUT2D eigenvalue weighted by atomic mass is 9.89. The van der Waals surface area contributed by atoms with Gasteiger partial charge in [-0.2, -0.15) is 0 Å². The quantitative estimate of drug-likeness (QED) is 0.361. The van der Waals surface area contributed by atoms with E-state index in [9.17, 15) is 0 Å². The van der Waals surface area contributed by atoms with Crippen LogP contribution >= 0.6 is 24.0 Å². The summed E-state index contributed by atoms with van der Waals surface area (Å²) in [5.74, 6) is 2.83. The third kappa shape index (κ3) is 6.70. The lowest BCUT2D eigenvalue weighted by Crippen LogP contribution is -2.43. The molecule has 6 nitrogen and oxygen atoms in total. The summed E-state index contributed by atoms with van der Waals surface area (Å²) in [6, 6.07) is 0.596. The van der Waals surface area contributed by atoms with Gasteiger partial charge in [0.05, 0.1) is 0 Å². The second-order valence-electron chi connectivity index (χ2n) is 7.54. The van der Waals surface area contributed by atoms with E-state index in [1.165, 1.54) is 57.8 Å². The number of hydrogen-bond donors (Lipinski definition) is 2. The van der Waals surface area contributed by atoms with Crippen molar-refractivity contribution in [2.45, 2.75) is 83.7 Å². The molecule has 2 fully saturated rings. The fourth-order valence-corrected chi connectivity index (χ4v) is 4.04. The Morgan fingerprint density at radius 3 is 2.62 bits per heavy atom. The summed E-state index contributed by atoms with van der Waals surface area (Å²) in [5, 5.41) is 15.4. The van der Waals surface area contributed by atoms with Crippen LogP contribution in [-0.4, -0.2) is 39.9 Å². The molecule has 1 aromatic rings. The summed E-state index contributed by atoms with van der Waals surface area (Å²) >= 11 is 0. The molecule has 3 rings (SSSR count). The Bertz CT molecular complexity index is 532. The van der Waals surface area contributed by atoms with E-state index in [4.69, 9.17) is 4.99 Å². The molecular weight excluding hydrogens is 439 g/mol.